The molecule has 1 aromatic heterocycles. The molecule has 0 radical (unpaired) electrons. The summed E-state index contributed by atoms with van der Waals surface area (Å²) in [6, 6.07) is 26.2. The fourth-order valence-electron chi connectivity index (χ4n) is 4.30. The quantitative estimate of drug-likeness (QED) is 0.237. The standard InChI is InChI=1S/C23H13N/c1-2-7-15-14(6-1)16-8-3-10-18-19-12-5-13-24-23(19)20-11-4-9-17(15)22(20)21(16)18/h1-13H. The minimum Gasteiger partial charge on any atom is -0.256 e. The first kappa shape index (κ1) is 12.3. The molecule has 0 aliphatic carbocycles. The molecular weight excluding hydrogens is 290 g/mol. The molecule has 0 amide bonds. The molecule has 0 saturated heterocycles. The number of nitrogens with zero attached hydrogens (tertiary/aromatic N) is 1. The monoisotopic (exact) mass is 303 g/mol. The second-order valence-corrected chi connectivity index (χ2v) is 6.40. The Kier molecular flexibility index (Phi) is 2.15. The zero-order valence-corrected chi connectivity index (χ0v) is 13.0. The molecule has 1 heterocycles. The molecule has 0 bridgehead atoms. The summed E-state index contributed by atoms with van der Waals surface area (Å²) in [4.78, 5) is 4.71. The summed E-state index contributed by atoms with van der Waals surface area (Å²) < 4.78 is 0. The third-order valence-electron chi connectivity index (χ3n) is 5.24. The molecule has 0 N–H and O–H groups in total. The van der Waals surface area contributed by atoms with Crippen LogP contribution in [0.25, 0.3) is 54.0 Å². The van der Waals surface area contributed by atoms with E-state index >= 15 is 0 Å². The average Bonchev–Trinajstić information content (AvgIpc) is 2.67. The van der Waals surface area contributed by atoms with Gasteiger partial charge in [-0.05, 0) is 38.4 Å². The van der Waals surface area contributed by atoms with E-state index in [1.54, 1.807) is 0 Å². The maximum Gasteiger partial charge on any atom is 0.0786 e. The van der Waals surface area contributed by atoms with Crippen LogP contribution in [-0.4, -0.2) is 4.98 Å². The van der Waals surface area contributed by atoms with Crippen LogP contribution in [0.1, 0.15) is 0 Å². The van der Waals surface area contributed by atoms with Crippen LogP contribution in [0.15, 0.2) is 79.0 Å². The van der Waals surface area contributed by atoms with Crippen LogP contribution in [0.4, 0.5) is 0 Å². The number of fused-ring (bicyclic) bond motifs is 6. The van der Waals surface area contributed by atoms with Crippen molar-refractivity contribution in [3.05, 3.63) is 79.0 Å². The lowest BCUT2D eigenvalue weighted by atomic mass is 9.87. The zero-order valence-electron chi connectivity index (χ0n) is 13.0. The van der Waals surface area contributed by atoms with Gasteiger partial charge in [0.2, 0.25) is 0 Å². The summed E-state index contributed by atoms with van der Waals surface area (Å²) in [7, 11) is 0. The van der Waals surface area contributed by atoms with Crippen LogP contribution < -0.4 is 0 Å². The van der Waals surface area contributed by atoms with E-state index in [1.807, 2.05) is 12.3 Å². The summed E-state index contributed by atoms with van der Waals surface area (Å²) in [6.45, 7) is 0. The van der Waals surface area contributed by atoms with Gasteiger partial charge in [-0.25, -0.2) is 0 Å². The van der Waals surface area contributed by atoms with E-state index in [4.69, 9.17) is 4.98 Å². The zero-order chi connectivity index (χ0) is 15.7. The largest absolute Gasteiger partial charge is 0.256 e. The first-order valence-electron chi connectivity index (χ1n) is 8.25. The number of pyridine rings is 1. The van der Waals surface area contributed by atoms with Gasteiger partial charge in [0.25, 0.3) is 0 Å². The predicted octanol–water partition coefficient (Wildman–Crippen LogP) is 6.29. The van der Waals surface area contributed by atoms with Crippen LogP contribution in [0.2, 0.25) is 0 Å². The van der Waals surface area contributed by atoms with Gasteiger partial charge < -0.3 is 0 Å². The average molecular weight is 303 g/mol. The third-order valence-corrected chi connectivity index (χ3v) is 5.24. The summed E-state index contributed by atoms with van der Waals surface area (Å²) in [6.07, 6.45) is 1.89. The van der Waals surface area contributed by atoms with Crippen molar-refractivity contribution in [2.75, 3.05) is 0 Å². The molecule has 1 heteroatoms. The highest BCUT2D eigenvalue weighted by Gasteiger charge is 2.16. The number of benzene rings is 5. The molecule has 0 fully saturated rings. The van der Waals surface area contributed by atoms with Gasteiger partial charge in [-0.15, -0.1) is 0 Å². The summed E-state index contributed by atoms with van der Waals surface area (Å²) >= 11 is 0. The van der Waals surface area contributed by atoms with Gasteiger partial charge in [0.15, 0.2) is 0 Å². The smallest absolute Gasteiger partial charge is 0.0786 e. The molecule has 0 atom stereocenters. The van der Waals surface area contributed by atoms with E-state index in [1.165, 1.54) is 48.5 Å². The van der Waals surface area contributed by atoms with Crippen molar-refractivity contribution < 1.29 is 0 Å². The van der Waals surface area contributed by atoms with E-state index in [9.17, 15) is 0 Å². The molecular formula is C23H13N. The van der Waals surface area contributed by atoms with Crippen LogP contribution in [0.3, 0.4) is 0 Å². The summed E-state index contributed by atoms with van der Waals surface area (Å²) in [5.41, 5.74) is 1.10. The summed E-state index contributed by atoms with van der Waals surface area (Å²) in [5.74, 6) is 0. The van der Waals surface area contributed by atoms with E-state index in [-0.39, 0.29) is 0 Å². The molecule has 6 aromatic rings. The van der Waals surface area contributed by atoms with E-state index in [0.29, 0.717) is 0 Å². The van der Waals surface area contributed by atoms with Crippen molar-refractivity contribution in [2.45, 2.75) is 0 Å². The number of rotatable bonds is 0. The van der Waals surface area contributed by atoms with Crippen molar-refractivity contribution in [1.29, 1.82) is 0 Å². The topological polar surface area (TPSA) is 12.9 Å². The highest BCUT2D eigenvalue weighted by atomic mass is 14.6. The van der Waals surface area contributed by atoms with Crippen LogP contribution in [0, 0.1) is 0 Å². The molecule has 0 saturated carbocycles. The molecule has 24 heavy (non-hydrogen) atoms. The fraction of sp³-hybridized carbons (Fsp3) is 0. The molecule has 1 nitrogen and oxygen atoms in total. The summed E-state index contributed by atoms with van der Waals surface area (Å²) in [5, 5.41) is 11.8. The normalized spacial score (nSPS) is 12.2. The SMILES string of the molecule is c1ccc2c(c1)c1cccc3c4cccnc4c4cccc2c4c13. The molecule has 5 aromatic carbocycles. The van der Waals surface area contributed by atoms with Gasteiger partial charge in [-0.2, -0.15) is 0 Å². The van der Waals surface area contributed by atoms with Gasteiger partial charge in [0.1, 0.15) is 0 Å². The Hall–Kier alpha value is -3.19. The number of hydrogen-bond donors (Lipinski definition) is 0. The van der Waals surface area contributed by atoms with Gasteiger partial charge in [0.05, 0.1) is 5.52 Å². The minimum atomic E-state index is 1.10. The van der Waals surface area contributed by atoms with Gasteiger partial charge in [0, 0.05) is 22.4 Å². The lowest BCUT2D eigenvalue weighted by Gasteiger charge is -2.16. The lowest BCUT2D eigenvalue weighted by Crippen LogP contribution is -1.90. The Morgan fingerprint density at radius 1 is 0.417 bits per heavy atom. The maximum absolute atomic E-state index is 4.71. The highest BCUT2D eigenvalue weighted by Crippen LogP contribution is 2.43. The third kappa shape index (κ3) is 1.34. The second-order valence-electron chi connectivity index (χ2n) is 6.40. The first-order valence-corrected chi connectivity index (χ1v) is 8.25. The van der Waals surface area contributed by atoms with Gasteiger partial charge in [-0.1, -0.05) is 66.7 Å². The Morgan fingerprint density at radius 3 is 1.62 bits per heavy atom. The molecule has 0 spiro atoms. The molecule has 6 rings (SSSR count). The molecule has 0 aliphatic rings. The molecule has 0 aliphatic heterocycles. The van der Waals surface area contributed by atoms with Crippen LogP contribution >= 0.6 is 0 Å². The lowest BCUT2D eigenvalue weighted by molar-refractivity contribution is 1.43. The van der Waals surface area contributed by atoms with Gasteiger partial charge >= 0.3 is 0 Å². The van der Waals surface area contributed by atoms with Gasteiger partial charge in [-0.3, -0.25) is 4.98 Å². The van der Waals surface area contributed by atoms with Crippen LogP contribution in [-0.2, 0) is 0 Å². The molecule has 0 unspecified atom stereocenters. The fourth-order valence-corrected chi connectivity index (χ4v) is 4.30. The van der Waals surface area contributed by atoms with E-state index in [0.717, 1.165) is 5.52 Å². The minimum absolute atomic E-state index is 1.10. The Labute approximate surface area is 138 Å². The highest BCUT2D eigenvalue weighted by molar-refractivity contribution is 6.39. The van der Waals surface area contributed by atoms with E-state index < -0.39 is 0 Å². The Morgan fingerprint density at radius 2 is 0.917 bits per heavy atom. The van der Waals surface area contributed by atoms with E-state index in [2.05, 4.69) is 66.7 Å². The van der Waals surface area contributed by atoms with Crippen molar-refractivity contribution in [1.82, 2.24) is 4.98 Å². The van der Waals surface area contributed by atoms with Crippen molar-refractivity contribution >= 4 is 54.0 Å². The Balaban J connectivity index is 2.16. The first-order chi connectivity index (χ1) is 11.9. The number of hydrogen-bond acceptors (Lipinski definition) is 1. The van der Waals surface area contributed by atoms with Crippen molar-refractivity contribution in [3.8, 4) is 0 Å². The number of aromatic nitrogens is 1. The van der Waals surface area contributed by atoms with Crippen molar-refractivity contribution in [3.63, 3.8) is 0 Å². The van der Waals surface area contributed by atoms with Crippen molar-refractivity contribution in [2.24, 2.45) is 0 Å². The Bertz CT molecular complexity index is 1190. The molecule has 110 valence electrons. The second kappa shape index (κ2) is 4.21. The maximum atomic E-state index is 4.71. The van der Waals surface area contributed by atoms with Crippen LogP contribution in [0.5, 0.6) is 0 Å². The predicted molar refractivity (Wildman–Crippen MR) is 103 cm³/mol.